The minimum atomic E-state index is -0.0811. The number of benzene rings is 1. The summed E-state index contributed by atoms with van der Waals surface area (Å²) in [5.74, 6) is 1.88. The molecule has 0 aliphatic heterocycles. The average Bonchev–Trinajstić information content (AvgIpc) is 3.17. The normalized spacial score (nSPS) is 13.7. The summed E-state index contributed by atoms with van der Waals surface area (Å²) in [6.07, 6.45) is 9.71. The predicted molar refractivity (Wildman–Crippen MR) is 118 cm³/mol. The van der Waals surface area contributed by atoms with E-state index in [2.05, 4.69) is 65.7 Å². The number of nitrogens with zero attached hydrogens (tertiary/aromatic N) is 3. The highest BCUT2D eigenvalue weighted by Gasteiger charge is 2.15. The Morgan fingerprint density at radius 3 is 2.48 bits per heavy atom. The molecular formula is C24H30N4O. The Morgan fingerprint density at radius 2 is 1.90 bits per heavy atom. The van der Waals surface area contributed by atoms with E-state index in [1.807, 2.05) is 38.5 Å². The van der Waals surface area contributed by atoms with E-state index in [1.165, 1.54) is 11.3 Å². The molecule has 0 spiro atoms. The van der Waals surface area contributed by atoms with E-state index < -0.39 is 0 Å². The van der Waals surface area contributed by atoms with Gasteiger partial charge in [0.25, 0.3) is 0 Å². The summed E-state index contributed by atoms with van der Waals surface area (Å²) in [5.41, 5.74) is 3.54. The second-order valence-corrected chi connectivity index (χ2v) is 7.15. The molecule has 0 saturated carbocycles. The first kappa shape index (κ1) is 20.6. The zero-order valence-corrected chi connectivity index (χ0v) is 17.7. The monoisotopic (exact) mass is 390 g/mol. The topological polar surface area (TPSA) is 52.0 Å². The van der Waals surface area contributed by atoms with Gasteiger partial charge in [-0.2, -0.15) is 5.10 Å². The number of ether oxygens (including phenoxy) is 1. The second kappa shape index (κ2) is 9.92. The van der Waals surface area contributed by atoms with Gasteiger partial charge in [-0.15, -0.1) is 0 Å². The third-order valence-electron chi connectivity index (χ3n) is 4.93. The van der Waals surface area contributed by atoms with Crippen molar-refractivity contribution < 1.29 is 4.74 Å². The van der Waals surface area contributed by atoms with Crippen molar-refractivity contribution >= 4 is 5.82 Å². The van der Waals surface area contributed by atoms with Crippen LogP contribution in [0.3, 0.4) is 0 Å². The Bertz CT molecular complexity index is 916. The van der Waals surface area contributed by atoms with Gasteiger partial charge in [-0.05, 0) is 37.5 Å². The van der Waals surface area contributed by atoms with Crippen LogP contribution < -0.4 is 10.1 Å². The van der Waals surface area contributed by atoms with Crippen molar-refractivity contribution in [3.05, 3.63) is 84.0 Å². The zero-order valence-electron chi connectivity index (χ0n) is 17.7. The van der Waals surface area contributed by atoms with E-state index in [0.717, 1.165) is 30.0 Å². The molecule has 5 heteroatoms. The van der Waals surface area contributed by atoms with Crippen LogP contribution in [0.25, 0.3) is 0 Å². The number of aromatic nitrogens is 3. The third-order valence-corrected chi connectivity index (χ3v) is 4.93. The molecule has 0 aliphatic carbocycles. The van der Waals surface area contributed by atoms with Crippen LogP contribution in [0.5, 0.6) is 5.75 Å². The Morgan fingerprint density at radius 1 is 1.10 bits per heavy atom. The molecule has 2 aromatic heterocycles. The van der Waals surface area contributed by atoms with Crippen molar-refractivity contribution in [2.45, 2.75) is 45.6 Å². The van der Waals surface area contributed by atoms with Crippen LogP contribution in [0, 0.1) is 0 Å². The lowest BCUT2D eigenvalue weighted by molar-refractivity contribution is 0.226. The van der Waals surface area contributed by atoms with Gasteiger partial charge in [0.05, 0.1) is 12.4 Å². The quantitative estimate of drug-likeness (QED) is 0.497. The van der Waals surface area contributed by atoms with Gasteiger partial charge >= 0.3 is 0 Å². The van der Waals surface area contributed by atoms with Crippen LogP contribution in [-0.4, -0.2) is 14.8 Å². The summed E-state index contributed by atoms with van der Waals surface area (Å²) in [6.45, 7) is 6.38. The van der Waals surface area contributed by atoms with Crippen LogP contribution in [0.1, 0.15) is 56.8 Å². The van der Waals surface area contributed by atoms with Crippen molar-refractivity contribution in [3.63, 3.8) is 0 Å². The Kier molecular flexibility index (Phi) is 7.06. The van der Waals surface area contributed by atoms with E-state index in [9.17, 15) is 0 Å². The highest BCUT2D eigenvalue weighted by Crippen LogP contribution is 2.29. The number of allylic oxidation sites excluding steroid dienone is 2. The third kappa shape index (κ3) is 5.47. The van der Waals surface area contributed by atoms with Crippen molar-refractivity contribution in [3.8, 4) is 5.75 Å². The molecule has 0 saturated heterocycles. The predicted octanol–water partition coefficient (Wildman–Crippen LogP) is 5.85. The molecule has 5 nitrogen and oxygen atoms in total. The molecule has 0 radical (unpaired) electrons. The molecule has 0 fully saturated rings. The van der Waals surface area contributed by atoms with Crippen LogP contribution in [0.15, 0.2) is 72.8 Å². The summed E-state index contributed by atoms with van der Waals surface area (Å²) < 4.78 is 7.78. The standard InChI is InChI=1S/C24H30N4O/c1-5-10-23(22(6-2)19-11-8-7-9-12-19)27-24-14-13-21(16-25-24)29-18(3)20-15-26-28(4)17-20/h7-18,22H,5-6H2,1-4H3,(H,25,27)/b23-10-/t18-,22?/m0/s1. The smallest absolute Gasteiger partial charge is 0.138 e. The van der Waals surface area contributed by atoms with E-state index >= 15 is 0 Å². The molecule has 1 aromatic carbocycles. The van der Waals surface area contributed by atoms with Crippen LogP contribution in [-0.2, 0) is 7.05 Å². The lowest BCUT2D eigenvalue weighted by atomic mass is 9.92. The molecule has 0 aliphatic rings. The van der Waals surface area contributed by atoms with Gasteiger partial charge in [0.15, 0.2) is 0 Å². The number of anilines is 1. The van der Waals surface area contributed by atoms with E-state index in [1.54, 1.807) is 10.9 Å². The van der Waals surface area contributed by atoms with Gasteiger partial charge in [0, 0.05) is 30.4 Å². The molecule has 3 rings (SSSR count). The minimum Gasteiger partial charge on any atom is -0.484 e. The SMILES string of the molecule is CC/C=C(\Nc1ccc(O[C@@H](C)c2cnn(C)c2)cn1)C(CC)c1ccccc1. The summed E-state index contributed by atoms with van der Waals surface area (Å²) in [7, 11) is 1.90. The highest BCUT2D eigenvalue weighted by molar-refractivity contribution is 5.46. The summed E-state index contributed by atoms with van der Waals surface area (Å²) >= 11 is 0. The number of pyridine rings is 1. The second-order valence-electron chi connectivity index (χ2n) is 7.15. The summed E-state index contributed by atoms with van der Waals surface area (Å²) in [6, 6.07) is 14.5. The molecule has 2 atom stereocenters. The number of rotatable bonds is 9. The molecule has 152 valence electrons. The lowest BCUT2D eigenvalue weighted by Gasteiger charge is -2.21. The van der Waals surface area contributed by atoms with Crippen molar-refractivity contribution in [2.24, 2.45) is 7.05 Å². The molecule has 0 bridgehead atoms. The molecular weight excluding hydrogens is 360 g/mol. The lowest BCUT2D eigenvalue weighted by Crippen LogP contribution is -2.11. The van der Waals surface area contributed by atoms with Crippen molar-refractivity contribution in [2.75, 3.05) is 5.32 Å². The van der Waals surface area contributed by atoms with Gasteiger partial charge in [0.1, 0.15) is 17.7 Å². The van der Waals surface area contributed by atoms with Gasteiger partial charge in [-0.1, -0.05) is 50.3 Å². The van der Waals surface area contributed by atoms with Crippen molar-refractivity contribution in [1.29, 1.82) is 0 Å². The van der Waals surface area contributed by atoms with Gasteiger partial charge < -0.3 is 10.1 Å². The van der Waals surface area contributed by atoms with E-state index in [0.29, 0.717) is 5.92 Å². The molecule has 2 heterocycles. The van der Waals surface area contributed by atoms with Gasteiger partial charge in [-0.3, -0.25) is 4.68 Å². The number of nitrogens with one attached hydrogen (secondary N) is 1. The largest absolute Gasteiger partial charge is 0.484 e. The Labute approximate surface area is 173 Å². The molecule has 1 N–H and O–H groups in total. The first-order chi connectivity index (χ1) is 14.1. The van der Waals surface area contributed by atoms with Crippen LogP contribution in [0.2, 0.25) is 0 Å². The van der Waals surface area contributed by atoms with Gasteiger partial charge in [-0.25, -0.2) is 4.98 Å². The number of aryl methyl sites for hydroxylation is 1. The van der Waals surface area contributed by atoms with Crippen molar-refractivity contribution in [1.82, 2.24) is 14.8 Å². The fraction of sp³-hybridized carbons (Fsp3) is 0.333. The maximum Gasteiger partial charge on any atom is 0.138 e. The first-order valence-corrected chi connectivity index (χ1v) is 10.2. The molecule has 0 amide bonds. The first-order valence-electron chi connectivity index (χ1n) is 10.2. The zero-order chi connectivity index (χ0) is 20.6. The molecule has 29 heavy (non-hydrogen) atoms. The van der Waals surface area contributed by atoms with Gasteiger partial charge in [0.2, 0.25) is 0 Å². The number of hydrogen-bond acceptors (Lipinski definition) is 4. The Balaban J connectivity index is 1.70. The fourth-order valence-electron chi connectivity index (χ4n) is 3.41. The van der Waals surface area contributed by atoms with Crippen LogP contribution >= 0.6 is 0 Å². The maximum absolute atomic E-state index is 6.00. The highest BCUT2D eigenvalue weighted by atomic mass is 16.5. The maximum atomic E-state index is 6.00. The minimum absolute atomic E-state index is 0.0811. The summed E-state index contributed by atoms with van der Waals surface area (Å²) in [5, 5.41) is 7.72. The summed E-state index contributed by atoms with van der Waals surface area (Å²) in [4.78, 5) is 4.57. The van der Waals surface area contributed by atoms with E-state index in [4.69, 9.17) is 4.74 Å². The Hall–Kier alpha value is -3.08. The van der Waals surface area contributed by atoms with E-state index in [-0.39, 0.29) is 6.10 Å². The average molecular weight is 391 g/mol. The molecule has 1 unspecified atom stereocenters. The number of hydrogen-bond donors (Lipinski definition) is 1. The fourth-order valence-corrected chi connectivity index (χ4v) is 3.41. The molecule has 3 aromatic rings. The van der Waals surface area contributed by atoms with Crippen LogP contribution in [0.4, 0.5) is 5.82 Å².